The highest BCUT2D eigenvalue weighted by molar-refractivity contribution is 7.98. The zero-order valence-electron chi connectivity index (χ0n) is 16.7. The summed E-state index contributed by atoms with van der Waals surface area (Å²) >= 11 is 0.987. The van der Waals surface area contributed by atoms with Crippen LogP contribution in [0.3, 0.4) is 0 Å². The van der Waals surface area contributed by atoms with Crippen LogP contribution in [-0.4, -0.2) is 31.7 Å². The minimum absolute atomic E-state index is 0. The van der Waals surface area contributed by atoms with Gasteiger partial charge in [-0.3, -0.25) is 9.52 Å². The molecule has 0 aliphatic carbocycles. The molecule has 0 saturated heterocycles. The molecule has 0 saturated carbocycles. The normalized spacial score (nSPS) is 9.80. The van der Waals surface area contributed by atoms with E-state index < -0.39 is 12.1 Å². The number of para-hydroxylation sites is 1. The van der Waals surface area contributed by atoms with Crippen LogP contribution in [0.5, 0.6) is 0 Å². The van der Waals surface area contributed by atoms with Crippen LogP contribution in [0.4, 0.5) is 15.3 Å². The van der Waals surface area contributed by atoms with E-state index in [2.05, 4.69) is 14.9 Å². The lowest BCUT2D eigenvalue weighted by Crippen LogP contribution is -2.41. The summed E-state index contributed by atoms with van der Waals surface area (Å²) in [5.74, 6) is -0.111. The summed E-state index contributed by atoms with van der Waals surface area (Å²) in [5, 5.41) is 3.49. The van der Waals surface area contributed by atoms with Crippen molar-refractivity contribution in [3.8, 4) is 0 Å². The molecular formula is C20H25ClN4O4S. The fourth-order valence-corrected chi connectivity index (χ4v) is 3.17. The van der Waals surface area contributed by atoms with E-state index in [0.29, 0.717) is 23.4 Å². The third-order valence-corrected chi connectivity index (χ3v) is 4.65. The fraction of sp³-hybridized carbons (Fsp3) is 0.250. The molecule has 2 aromatic rings. The number of alkyl carbamates (subject to hydrolysis) is 1. The first-order chi connectivity index (χ1) is 14.0. The summed E-state index contributed by atoms with van der Waals surface area (Å²) in [4.78, 5) is 36.5. The van der Waals surface area contributed by atoms with Crippen LogP contribution in [0.15, 0.2) is 59.5 Å². The Balaban J connectivity index is 0.00000450. The maximum absolute atomic E-state index is 12.7. The molecule has 30 heavy (non-hydrogen) atoms. The molecule has 0 aliphatic heterocycles. The number of aryl methyl sites for hydroxylation is 1. The van der Waals surface area contributed by atoms with Gasteiger partial charge in [-0.1, -0.05) is 42.5 Å². The van der Waals surface area contributed by atoms with E-state index in [-0.39, 0.29) is 24.9 Å². The zero-order chi connectivity index (χ0) is 21.1. The highest BCUT2D eigenvalue weighted by Gasteiger charge is 2.18. The lowest BCUT2D eigenvalue weighted by molar-refractivity contribution is -0.119. The first kappa shape index (κ1) is 25.3. The van der Waals surface area contributed by atoms with Gasteiger partial charge in [0.1, 0.15) is 0 Å². The van der Waals surface area contributed by atoms with E-state index in [4.69, 9.17) is 0 Å². The molecule has 0 bridgehead atoms. The quantitative estimate of drug-likeness (QED) is 0.417. The molecular weight excluding hydrogens is 428 g/mol. The molecule has 0 aromatic heterocycles. The van der Waals surface area contributed by atoms with Gasteiger partial charge in [-0.2, -0.15) is 0 Å². The number of carbonyl (C=O) groups excluding carboxylic acids is 3. The second kappa shape index (κ2) is 13.5. The number of halogens is 1. The molecule has 162 valence electrons. The Morgan fingerprint density at radius 1 is 1.03 bits per heavy atom. The van der Waals surface area contributed by atoms with Crippen LogP contribution in [0.2, 0.25) is 0 Å². The Hall–Kier alpha value is -2.75. The predicted octanol–water partition coefficient (Wildman–Crippen LogP) is 3.67. The maximum Gasteiger partial charge on any atom is 0.415 e. The van der Waals surface area contributed by atoms with E-state index in [0.717, 1.165) is 17.5 Å². The summed E-state index contributed by atoms with van der Waals surface area (Å²) in [7, 11) is 1.66. The molecule has 4 amide bonds. The van der Waals surface area contributed by atoms with Gasteiger partial charge in [0.05, 0.1) is 17.2 Å². The second-order valence-electron chi connectivity index (χ2n) is 5.78. The number of rotatable bonds is 8. The van der Waals surface area contributed by atoms with Crippen molar-refractivity contribution >= 4 is 48.1 Å². The molecule has 0 atom stereocenters. The fourth-order valence-electron chi connectivity index (χ4n) is 2.50. The molecule has 0 fully saturated rings. The first-order valence-corrected chi connectivity index (χ1v) is 9.90. The lowest BCUT2D eigenvalue weighted by Gasteiger charge is -2.23. The Labute approximate surface area is 186 Å². The number of nitrogens with one attached hydrogen (secondary N) is 3. The third kappa shape index (κ3) is 7.94. The van der Waals surface area contributed by atoms with Crippen LogP contribution in [-0.2, 0) is 16.0 Å². The van der Waals surface area contributed by atoms with Crippen molar-refractivity contribution in [2.45, 2.75) is 24.7 Å². The van der Waals surface area contributed by atoms with Crippen molar-refractivity contribution in [3.63, 3.8) is 0 Å². The first-order valence-electron chi connectivity index (χ1n) is 9.09. The average Bonchev–Trinajstić information content (AvgIpc) is 2.73. The number of hydrogen-bond donors (Lipinski definition) is 3. The van der Waals surface area contributed by atoms with Crippen molar-refractivity contribution < 1.29 is 19.1 Å². The summed E-state index contributed by atoms with van der Waals surface area (Å²) < 4.78 is 7.16. The number of ether oxygens (including phenoxy) is 1. The van der Waals surface area contributed by atoms with Gasteiger partial charge in [0, 0.05) is 13.5 Å². The van der Waals surface area contributed by atoms with Crippen LogP contribution in [0.25, 0.3) is 0 Å². The number of benzene rings is 2. The van der Waals surface area contributed by atoms with E-state index in [9.17, 15) is 14.4 Å². The Morgan fingerprint density at radius 3 is 2.37 bits per heavy atom. The monoisotopic (exact) mass is 452 g/mol. The number of imide groups is 1. The highest BCUT2D eigenvalue weighted by Crippen LogP contribution is 2.28. The molecule has 0 heterocycles. The highest BCUT2D eigenvalue weighted by atomic mass is 35.5. The van der Waals surface area contributed by atoms with Crippen LogP contribution >= 0.6 is 24.4 Å². The smallest absolute Gasteiger partial charge is 0.415 e. The van der Waals surface area contributed by atoms with Crippen molar-refractivity contribution in [2.75, 3.05) is 18.7 Å². The number of anilines is 1. The summed E-state index contributed by atoms with van der Waals surface area (Å²) in [6.45, 7) is 1.81. The molecule has 0 unspecified atom stereocenters. The van der Waals surface area contributed by atoms with E-state index in [1.807, 2.05) is 35.6 Å². The Morgan fingerprint density at radius 2 is 1.70 bits per heavy atom. The van der Waals surface area contributed by atoms with Gasteiger partial charge >= 0.3 is 12.1 Å². The van der Waals surface area contributed by atoms with Crippen molar-refractivity contribution in [1.29, 1.82) is 0 Å². The van der Waals surface area contributed by atoms with Gasteiger partial charge in [0.2, 0.25) is 5.91 Å². The standard InChI is InChI=1S/C20H24N4O4S.ClH/c1-3-28-20(27)22-19(26)23-29-17-12-8-7-11-16(17)24(21-2)18(25)14-13-15-9-5-4-6-10-15;/h4-12,21H,3,13-14H2,1-2H3,(H2,22,23,26,27);1H. The van der Waals surface area contributed by atoms with Crippen LogP contribution in [0.1, 0.15) is 18.9 Å². The second-order valence-corrected chi connectivity index (χ2v) is 6.63. The van der Waals surface area contributed by atoms with Crippen molar-refractivity contribution in [1.82, 2.24) is 15.5 Å². The number of hydrogen-bond acceptors (Lipinski definition) is 6. The zero-order valence-corrected chi connectivity index (χ0v) is 18.3. The molecule has 0 radical (unpaired) electrons. The van der Waals surface area contributed by atoms with Crippen LogP contribution in [0, 0.1) is 0 Å². The summed E-state index contributed by atoms with van der Waals surface area (Å²) in [6, 6.07) is 16.2. The summed E-state index contributed by atoms with van der Waals surface area (Å²) in [5.41, 5.74) is 4.57. The molecule has 8 nitrogen and oxygen atoms in total. The van der Waals surface area contributed by atoms with Gasteiger partial charge in [-0.15, -0.1) is 12.4 Å². The number of nitrogens with zero attached hydrogens (tertiary/aromatic N) is 1. The number of carbonyl (C=O) groups is 3. The third-order valence-electron chi connectivity index (χ3n) is 3.79. The van der Waals surface area contributed by atoms with Gasteiger partial charge in [0.25, 0.3) is 0 Å². The van der Waals surface area contributed by atoms with E-state index >= 15 is 0 Å². The molecule has 0 aliphatic rings. The number of urea groups is 1. The van der Waals surface area contributed by atoms with Crippen molar-refractivity contribution in [2.24, 2.45) is 0 Å². The molecule has 2 aromatic carbocycles. The number of amides is 4. The largest absolute Gasteiger partial charge is 0.450 e. The Bertz CT molecular complexity index is 839. The SMILES string of the molecule is CCOC(=O)NC(=O)NSc1ccccc1N(NC)C(=O)CCc1ccccc1.Cl. The number of hydrazine groups is 1. The topological polar surface area (TPSA) is 99.8 Å². The lowest BCUT2D eigenvalue weighted by atomic mass is 10.1. The predicted molar refractivity (Wildman–Crippen MR) is 120 cm³/mol. The van der Waals surface area contributed by atoms with E-state index in [1.165, 1.54) is 5.01 Å². The van der Waals surface area contributed by atoms with Gasteiger partial charge < -0.3 is 4.74 Å². The van der Waals surface area contributed by atoms with Crippen LogP contribution < -0.4 is 20.5 Å². The molecule has 0 spiro atoms. The van der Waals surface area contributed by atoms with Gasteiger partial charge in [-0.25, -0.2) is 25.3 Å². The minimum atomic E-state index is -0.827. The van der Waals surface area contributed by atoms with E-state index in [1.54, 1.807) is 38.2 Å². The Kier molecular flexibility index (Phi) is 11.4. The maximum atomic E-state index is 12.7. The average molecular weight is 453 g/mol. The summed E-state index contributed by atoms with van der Waals surface area (Å²) in [6.07, 6.45) is 0.111. The minimum Gasteiger partial charge on any atom is -0.450 e. The molecule has 10 heteroatoms. The molecule has 3 N–H and O–H groups in total. The molecule has 2 rings (SSSR count). The van der Waals surface area contributed by atoms with Gasteiger partial charge in [0.15, 0.2) is 0 Å². The van der Waals surface area contributed by atoms with Gasteiger partial charge in [-0.05, 0) is 43.0 Å². The van der Waals surface area contributed by atoms with Crippen molar-refractivity contribution in [3.05, 3.63) is 60.2 Å².